The molecular formula is C28H34N8O10S3. The highest BCUT2D eigenvalue weighted by Gasteiger charge is 2.41. The molecule has 2 aromatic carbocycles. The Morgan fingerprint density at radius 3 is 1.22 bits per heavy atom. The van der Waals surface area contributed by atoms with Gasteiger partial charge < -0.3 is 29.1 Å². The average Bonchev–Trinajstić information content (AvgIpc) is 3.71. The van der Waals surface area contributed by atoms with E-state index < -0.39 is 51.8 Å². The summed E-state index contributed by atoms with van der Waals surface area (Å²) in [6.07, 6.45) is 0. The summed E-state index contributed by atoms with van der Waals surface area (Å²) in [6.45, 7) is 8.16. The Labute approximate surface area is 282 Å². The summed E-state index contributed by atoms with van der Waals surface area (Å²) in [6, 6.07) is 10.0. The predicted octanol–water partition coefficient (Wildman–Crippen LogP) is -2.15. The summed E-state index contributed by atoms with van der Waals surface area (Å²) in [5.74, 6) is -2.31. The molecule has 21 heteroatoms. The molecule has 4 heterocycles. The molecule has 2 aliphatic rings. The number of benzene rings is 2. The molecule has 0 amide bonds. The van der Waals surface area contributed by atoms with E-state index in [0.717, 1.165) is 22.5 Å². The molecule has 0 spiro atoms. The number of sulfonamides is 2. The minimum absolute atomic E-state index is 0.0756. The van der Waals surface area contributed by atoms with E-state index in [-0.39, 0.29) is 47.3 Å². The number of hydrogen-bond donors (Lipinski definition) is 0. The van der Waals surface area contributed by atoms with Crippen molar-refractivity contribution in [2.24, 2.45) is 0 Å². The number of sulfone groups is 1. The van der Waals surface area contributed by atoms with E-state index in [9.17, 15) is 35.5 Å². The molecule has 0 N–H and O–H groups in total. The largest absolute Gasteiger partial charge is 0.538 e. The second-order valence-electron chi connectivity index (χ2n) is 11.3. The van der Waals surface area contributed by atoms with E-state index in [1.54, 1.807) is 0 Å². The van der Waals surface area contributed by atoms with Crippen molar-refractivity contribution in [2.75, 3.05) is 65.4 Å². The van der Waals surface area contributed by atoms with Gasteiger partial charge in [-0.05, 0) is 46.7 Å². The topological polar surface area (TPSA) is 221 Å². The average molecular weight is 739 g/mol. The Morgan fingerprint density at radius 2 is 0.918 bits per heavy atom. The number of likely N-dealkylation sites (N-methyl/N-ethyl adjacent to an activating group) is 2. The zero-order chi connectivity index (χ0) is 35.1. The predicted molar refractivity (Wildman–Crippen MR) is 162 cm³/mol. The van der Waals surface area contributed by atoms with Gasteiger partial charge >= 0.3 is 30.1 Å². The molecular weight excluding hydrogens is 705 g/mol. The lowest BCUT2D eigenvalue weighted by Crippen LogP contribution is -2.51. The van der Waals surface area contributed by atoms with Crippen LogP contribution in [0, 0.1) is 0 Å². The lowest BCUT2D eigenvalue weighted by Gasteiger charge is -2.32. The highest BCUT2D eigenvalue weighted by Crippen LogP contribution is 2.26. The molecule has 0 atom stereocenters. The van der Waals surface area contributed by atoms with E-state index in [4.69, 9.17) is 9.05 Å². The van der Waals surface area contributed by atoms with E-state index in [1.807, 2.05) is 13.8 Å². The van der Waals surface area contributed by atoms with Crippen LogP contribution < -0.4 is 19.6 Å². The Hall–Kier alpha value is -3.99. The fourth-order valence-electron chi connectivity index (χ4n) is 5.72. The smallest absolute Gasteiger partial charge is 0.368 e. The first-order chi connectivity index (χ1) is 23.3. The van der Waals surface area contributed by atoms with E-state index in [1.165, 1.54) is 57.1 Å². The lowest BCUT2D eigenvalue weighted by atomic mass is 10.3. The van der Waals surface area contributed by atoms with Crippen molar-refractivity contribution < 1.29 is 53.9 Å². The van der Waals surface area contributed by atoms with Gasteiger partial charge in [0.15, 0.2) is 11.9 Å². The van der Waals surface area contributed by atoms with Gasteiger partial charge in [0.05, 0.1) is 20.3 Å². The quantitative estimate of drug-likeness (QED) is 0.158. The molecule has 2 saturated heterocycles. The van der Waals surface area contributed by atoms with E-state index >= 15 is 0 Å². The summed E-state index contributed by atoms with van der Waals surface area (Å²) in [4.78, 5) is 3.82. The van der Waals surface area contributed by atoms with Gasteiger partial charge in [0.2, 0.25) is 21.2 Å². The molecule has 0 aliphatic carbocycles. The summed E-state index contributed by atoms with van der Waals surface area (Å²) in [5.41, 5.74) is 0.151. The minimum Gasteiger partial charge on any atom is -0.538 e. The molecule has 4 aromatic rings. The zero-order valence-electron chi connectivity index (χ0n) is 26.6. The molecule has 0 radical (unpaired) electrons. The van der Waals surface area contributed by atoms with Crippen LogP contribution in [0.1, 0.15) is 13.8 Å². The van der Waals surface area contributed by atoms with E-state index in [2.05, 4.69) is 20.3 Å². The van der Waals surface area contributed by atoms with Gasteiger partial charge in [0.1, 0.15) is 0 Å². The fourth-order valence-corrected chi connectivity index (χ4v) is 9.97. The van der Waals surface area contributed by atoms with Crippen LogP contribution >= 0.6 is 0 Å². The molecule has 2 aliphatic heterocycles. The van der Waals surface area contributed by atoms with Gasteiger partial charge in [-0.15, -0.1) is 0 Å². The Bertz CT molecular complexity index is 1990. The van der Waals surface area contributed by atoms with Crippen molar-refractivity contribution in [3.63, 3.8) is 0 Å². The number of piperazine rings is 2. The molecule has 2 aromatic heterocycles. The van der Waals surface area contributed by atoms with Gasteiger partial charge in [0.25, 0.3) is 0 Å². The number of rotatable bonds is 10. The first-order valence-corrected chi connectivity index (χ1v) is 19.7. The van der Waals surface area contributed by atoms with Crippen molar-refractivity contribution in [2.45, 2.75) is 33.7 Å². The van der Waals surface area contributed by atoms with Crippen LogP contribution in [-0.2, 0) is 29.9 Å². The highest BCUT2D eigenvalue weighted by atomic mass is 32.2. The Balaban J connectivity index is 1.23. The van der Waals surface area contributed by atoms with Gasteiger partial charge in [-0.2, -0.15) is 8.61 Å². The first kappa shape index (κ1) is 34.9. The van der Waals surface area contributed by atoms with Gasteiger partial charge in [-0.1, -0.05) is 13.8 Å². The molecule has 49 heavy (non-hydrogen) atoms. The Morgan fingerprint density at radius 1 is 0.592 bits per heavy atom. The molecule has 18 nitrogen and oxygen atoms in total. The molecule has 6 rings (SSSR count). The monoisotopic (exact) mass is 738 g/mol. The van der Waals surface area contributed by atoms with Crippen LogP contribution in [0.5, 0.6) is 11.9 Å². The molecule has 0 bridgehead atoms. The second kappa shape index (κ2) is 13.4. The number of nitrogens with zero attached hydrogens (tertiary/aromatic N) is 8. The summed E-state index contributed by atoms with van der Waals surface area (Å²) >= 11 is 0. The minimum atomic E-state index is -4.28. The lowest BCUT2D eigenvalue weighted by molar-refractivity contribution is -0.706. The van der Waals surface area contributed by atoms with Crippen LogP contribution in [-0.4, -0.2) is 120 Å². The van der Waals surface area contributed by atoms with Crippen molar-refractivity contribution in [1.29, 1.82) is 0 Å². The maximum atomic E-state index is 13.5. The van der Waals surface area contributed by atoms with Crippen molar-refractivity contribution in [3.8, 4) is 23.3 Å². The maximum Gasteiger partial charge on any atom is 0.368 e. The Kier molecular flexibility index (Phi) is 9.52. The SMILES string of the molecule is CCN1CCN(S(=O)(=O)c2c([O-])on[n+]2-c2ccc(S(=O)(=O)c3ccc(-[n+]4noc([O-])c4S(=O)(=O)N4CCN(CC)CC4)cc3)cc2)CC1. The van der Waals surface area contributed by atoms with Crippen LogP contribution in [0.2, 0.25) is 0 Å². The van der Waals surface area contributed by atoms with Crippen LogP contribution in [0.4, 0.5) is 0 Å². The third kappa shape index (κ3) is 6.42. The molecule has 2 fully saturated rings. The van der Waals surface area contributed by atoms with Crippen molar-refractivity contribution >= 4 is 29.9 Å². The van der Waals surface area contributed by atoms with Crippen molar-refractivity contribution in [1.82, 2.24) is 29.0 Å². The molecule has 0 saturated carbocycles. The summed E-state index contributed by atoms with van der Waals surface area (Å²) in [7, 11) is -12.7. The number of hydrogen-bond acceptors (Lipinski definition) is 14. The van der Waals surface area contributed by atoms with Crippen LogP contribution in [0.15, 0.2) is 77.4 Å². The zero-order valence-corrected chi connectivity index (χ0v) is 29.0. The first-order valence-electron chi connectivity index (χ1n) is 15.4. The fraction of sp³-hybridized carbons (Fsp3) is 0.429. The normalized spacial score (nSPS) is 17.8. The van der Waals surface area contributed by atoms with Crippen LogP contribution in [0.3, 0.4) is 0 Å². The van der Waals surface area contributed by atoms with Gasteiger partial charge in [-0.3, -0.25) is 0 Å². The summed E-state index contributed by atoms with van der Waals surface area (Å²) < 4.78 is 94.1. The number of aromatic nitrogens is 4. The van der Waals surface area contributed by atoms with Gasteiger partial charge in [-0.25, -0.2) is 25.3 Å². The van der Waals surface area contributed by atoms with E-state index in [0.29, 0.717) is 26.2 Å². The van der Waals surface area contributed by atoms with Crippen LogP contribution in [0.25, 0.3) is 11.4 Å². The molecule has 0 unspecified atom stereocenters. The maximum absolute atomic E-state index is 13.5. The van der Waals surface area contributed by atoms with Gasteiger partial charge in [0, 0.05) is 76.6 Å². The molecule has 264 valence electrons. The summed E-state index contributed by atoms with van der Waals surface area (Å²) in [5, 5.41) is 30.9. The standard InChI is InChI=1S/C28H34N8O10S3/c1-3-31-13-17-33(18-14-31)48(41,42)25-27(37)45-29-35(25)21-5-9-23(10-6-21)47(39,40)24-11-7-22(8-12-24)36-26(28(38)46-30-36)49(43,44)34-19-15-32(4-2)16-20-34/h5-12H,3-4,13-20H2,1-2H3. The third-order valence-electron chi connectivity index (χ3n) is 8.65. The third-order valence-corrected chi connectivity index (χ3v) is 14.2. The highest BCUT2D eigenvalue weighted by molar-refractivity contribution is 7.91. The van der Waals surface area contributed by atoms with Crippen molar-refractivity contribution in [3.05, 3.63) is 48.5 Å². The second-order valence-corrected chi connectivity index (χ2v) is 17.0.